The van der Waals surface area contributed by atoms with E-state index in [1.165, 1.54) is 0 Å². The van der Waals surface area contributed by atoms with Gasteiger partial charge < -0.3 is 9.73 Å². The first-order valence-electron chi connectivity index (χ1n) is 6.46. The van der Waals surface area contributed by atoms with E-state index in [9.17, 15) is 0 Å². The van der Waals surface area contributed by atoms with Crippen LogP contribution >= 0.6 is 0 Å². The van der Waals surface area contributed by atoms with E-state index < -0.39 is 0 Å². The largest absolute Gasteiger partial charge is 0.468 e. The molecule has 0 radical (unpaired) electrons. The zero-order chi connectivity index (χ0) is 13.7. The Bertz CT molecular complexity index is 510. The first kappa shape index (κ1) is 13.5. The molecule has 0 aromatic carbocycles. The van der Waals surface area contributed by atoms with E-state index in [1.54, 1.807) is 6.26 Å². The smallest absolute Gasteiger partial charge is 0.144 e. The molecule has 0 unspecified atom stereocenters. The Kier molecular flexibility index (Phi) is 4.52. The van der Waals surface area contributed by atoms with Crippen LogP contribution in [0.2, 0.25) is 0 Å². The van der Waals surface area contributed by atoms with Gasteiger partial charge in [0.25, 0.3) is 0 Å². The molecule has 2 aromatic rings. The fraction of sp³-hybridized carbons (Fsp3) is 0.429. The van der Waals surface area contributed by atoms with Crippen LogP contribution in [0.3, 0.4) is 0 Å². The number of aromatic nitrogens is 2. The summed E-state index contributed by atoms with van der Waals surface area (Å²) >= 11 is 0. The van der Waals surface area contributed by atoms with Gasteiger partial charge in [0.2, 0.25) is 0 Å². The van der Waals surface area contributed by atoms with Gasteiger partial charge in [0.15, 0.2) is 0 Å². The number of hydrogen-bond donors (Lipinski definition) is 1. The van der Waals surface area contributed by atoms with Crippen molar-refractivity contribution >= 4 is 5.82 Å². The molecule has 2 aromatic heterocycles. The van der Waals surface area contributed by atoms with Crippen LogP contribution in [-0.2, 0) is 13.1 Å². The maximum absolute atomic E-state index is 5.33. The minimum Gasteiger partial charge on any atom is -0.468 e. The predicted molar refractivity (Wildman–Crippen MR) is 74.8 cm³/mol. The van der Waals surface area contributed by atoms with E-state index in [2.05, 4.69) is 27.1 Å². The Hall–Kier alpha value is -1.88. The van der Waals surface area contributed by atoms with Gasteiger partial charge in [-0.25, -0.2) is 9.97 Å². The highest BCUT2D eigenvalue weighted by molar-refractivity contribution is 5.35. The highest BCUT2D eigenvalue weighted by Crippen LogP contribution is 2.09. The highest BCUT2D eigenvalue weighted by Gasteiger charge is 2.07. The normalized spacial score (nSPS) is 10.9. The van der Waals surface area contributed by atoms with Crippen LogP contribution in [0, 0.1) is 6.92 Å². The maximum atomic E-state index is 5.33. The minimum atomic E-state index is 0.695. The number of nitrogens with one attached hydrogen (secondary N) is 1. The quantitative estimate of drug-likeness (QED) is 0.864. The van der Waals surface area contributed by atoms with Crippen LogP contribution in [0.4, 0.5) is 5.82 Å². The molecular weight excluding hydrogens is 240 g/mol. The summed E-state index contributed by atoms with van der Waals surface area (Å²) in [6.45, 7) is 6.35. The van der Waals surface area contributed by atoms with Gasteiger partial charge in [-0.2, -0.15) is 0 Å². The lowest BCUT2D eigenvalue weighted by Crippen LogP contribution is -2.19. The number of aryl methyl sites for hydroxylation is 1. The summed E-state index contributed by atoms with van der Waals surface area (Å²) in [6.07, 6.45) is 1.69. The molecule has 0 atom stereocenters. The van der Waals surface area contributed by atoms with E-state index in [0.29, 0.717) is 6.54 Å². The molecular formula is C14H20N4O. The van der Waals surface area contributed by atoms with Crippen molar-refractivity contribution in [3.63, 3.8) is 0 Å². The van der Waals surface area contributed by atoms with Crippen LogP contribution < -0.4 is 5.32 Å². The average molecular weight is 260 g/mol. The van der Waals surface area contributed by atoms with E-state index in [0.717, 1.165) is 36.2 Å². The molecule has 0 aliphatic carbocycles. The second-order valence-corrected chi connectivity index (χ2v) is 4.59. The number of furan rings is 1. The highest BCUT2D eigenvalue weighted by atomic mass is 16.3. The Morgan fingerprint density at radius 3 is 2.84 bits per heavy atom. The van der Waals surface area contributed by atoms with Crippen molar-refractivity contribution in [3.05, 3.63) is 41.7 Å². The first-order valence-corrected chi connectivity index (χ1v) is 6.46. The molecule has 2 rings (SSSR count). The average Bonchev–Trinajstić information content (AvgIpc) is 2.81. The number of hydrogen-bond acceptors (Lipinski definition) is 5. The molecule has 0 amide bonds. The third-order valence-electron chi connectivity index (χ3n) is 2.68. The van der Waals surface area contributed by atoms with Crippen molar-refractivity contribution in [2.24, 2.45) is 0 Å². The molecule has 0 aliphatic heterocycles. The SMILES string of the molecule is CCNc1cc(C)nc(CN(C)Cc2ccco2)n1. The van der Waals surface area contributed by atoms with Crippen molar-refractivity contribution in [1.82, 2.24) is 14.9 Å². The maximum Gasteiger partial charge on any atom is 0.144 e. The van der Waals surface area contributed by atoms with Crippen molar-refractivity contribution in [2.75, 3.05) is 18.9 Å². The van der Waals surface area contributed by atoms with Gasteiger partial charge in [-0.1, -0.05) is 0 Å². The van der Waals surface area contributed by atoms with Gasteiger partial charge in [0.05, 0.1) is 19.4 Å². The van der Waals surface area contributed by atoms with Crippen LogP contribution in [0.5, 0.6) is 0 Å². The minimum absolute atomic E-state index is 0.695. The van der Waals surface area contributed by atoms with Gasteiger partial charge >= 0.3 is 0 Å². The van der Waals surface area contributed by atoms with Gasteiger partial charge in [-0.05, 0) is 33.0 Å². The Morgan fingerprint density at radius 1 is 1.32 bits per heavy atom. The summed E-state index contributed by atoms with van der Waals surface area (Å²) in [5.74, 6) is 2.66. The Balaban J connectivity index is 2.01. The van der Waals surface area contributed by atoms with Gasteiger partial charge in [-0.3, -0.25) is 4.90 Å². The fourth-order valence-corrected chi connectivity index (χ4v) is 1.94. The molecule has 0 bridgehead atoms. The summed E-state index contributed by atoms with van der Waals surface area (Å²) < 4.78 is 5.33. The lowest BCUT2D eigenvalue weighted by Gasteiger charge is -2.15. The number of rotatable bonds is 6. The molecule has 5 heteroatoms. The lowest BCUT2D eigenvalue weighted by molar-refractivity contribution is 0.281. The zero-order valence-corrected chi connectivity index (χ0v) is 11.7. The third kappa shape index (κ3) is 4.06. The van der Waals surface area contributed by atoms with E-state index >= 15 is 0 Å². The number of anilines is 1. The van der Waals surface area contributed by atoms with Crippen molar-refractivity contribution < 1.29 is 4.42 Å². The zero-order valence-electron chi connectivity index (χ0n) is 11.7. The molecule has 0 saturated carbocycles. The summed E-state index contributed by atoms with van der Waals surface area (Å²) in [4.78, 5) is 11.1. The van der Waals surface area contributed by atoms with Gasteiger partial charge in [0.1, 0.15) is 17.4 Å². The second kappa shape index (κ2) is 6.33. The van der Waals surface area contributed by atoms with Gasteiger partial charge in [0, 0.05) is 18.3 Å². The molecule has 0 fully saturated rings. The third-order valence-corrected chi connectivity index (χ3v) is 2.68. The Labute approximate surface area is 113 Å². The van der Waals surface area contributed by atoms with E-state index in [1.807, 2.05) is 32.2 Å². The summed E-state index contributed by atoms with van der Waals surface area (Å²) in [5, 5.41) is 3.22. The number of nitrogens with zero attached hydrogens (tertiary/aromatic N) is 3. The van der Waals surface area contributed by atoms with Crippen LogP contribution in [0.15, 0.2) is 28.9 Å². The van der Waals surface area contributed by atoms with Crippen LogP contribution in [-0.4, -0.2) is 28.5 Å². The van der Waals surface area contributed by atoms with Crippen molar-refractivity contribution in [3.8, 4) is 0 Å². The molecule has 5 nitrogen and oxygen atoms in total. The Morgan fingerprint density at radius 2 is 2.16 bits per heavy atom. The second-order valence-electron chi connectivity index (χ2n) is 4.59. The molecule has 102 valence electrons. The molecule has 1 N–H and O–H groups in total. The van der Waals surface area contributed by atoms with Gasteiger partial charge in [-0.15, -0.1) is 0 Å². The summed E-state index contributed by atoms with van der Waals surface area (Å²) in [7, 11) is 2.03. The summed E-state index contributed by atoms with van der Waals surface area (Å²) in [6, 6.07) is 5.83. The van der Waals surface area contributed by atoms with Crippen LogP contribution in [0.1, 0.15) is 24.2 Å². The molecule has 0 saturated heterocycles. The topological polar surface area (TPSA) is 54.2 Å². The lowest BCUT2D eigenvalue weighted by atomic mass is 10.3. The van der Waals surface area contributed by atoms with E-state index in [4.69, 9.17) is 4.42 Å². The summed E-state index contributed by atoms with van der Waals surface area (Å²) in [5.41, 5.74) is 0.979. The monoisotopic (exact) mass is 260 g/mol. The van der Waals surface area contributed by atoms with Crippen molar-refractivity contribution in [2.45, 2.75) is 26.9 Å². The molecule has 0 aliphatic rings. The predicted octanol–water partition coefficient (Wildman–Crippen LogP) is 2.44. The van der Waals surface area contributed by atoms with Crippen LogP contribution in [0.25, 0.3) is 0 Å². The fourth-order valence-electron chi connectivity index (χ4n) is 1.94. The van der Waals surface area contributed by atoms with E-state index in [-0.39, 0.29) is 0 Å². The van der Waals surface area contributed by atoms with Crippen molar-refractivity contribution in [1.29, 1.82) is 0 Å². The first-order chi connectivity index (χ1) is 9.17. The molecule has 2 heterocycles. The molecule has 0 spiro atoms. The molecule has 19 heavy (non-hydrogen) atoms. The standard InChI is InChI=1S/C14H20N4O/c1-4-15-13-8-11(2)16-14(17-13)10-18(3)9-12-6-5-7-19-12/h5-8H,4,9-10H2,1-3H3,(H,15,16,17).